The first kappa shape index (κ1) is 7.44. The highest BCUT2D eigenvalue weighted by atomic mass is 32.1. The van der Waals surface area contributed by atoms with Crippen LogP contribution in [0.4, 0.5) is 0 Å². The third-order valence-corrected chi connectivity index (χ3v) is 1.63. The molecule has 1 rings (SSSR count). The molecule has 0 spiro atoms. The molecule has 1 unspecified atom stereocenters. The lowest BCUT2D eigenvalue weighted by Crippen LogP contribution is -2.09. The first-order valence-electron chi connectivity index (χ1n) is 3.11. The fourth-order valence-electron chi connectivity index (χ4n) is 0.555. The molecule has 0 bridgehead atoms. The SMILES string of the molecule is CC(N)/C=C/c1cscn1. The second kappa shape index (κ2) is 3.49. The van der Waals surface area contributed by atoms with Gasteiger partial charge in [0.2, 0.25) is 0 Å². The van der Waals surface area contributed by atoms with Gasteiger partial charge in [-0.2, -0.15) is 0 Å². The maximum atomic E-state index is 5.50. The molecule has 10 heavy (non-hydrogen) atoms. The molecule has 0 aliphatic heterocycles. The average Bonchev–Trinajstić information content (AvgIpc) is 2.34. The van der Waals surface area contributed by atoms with E-state index in [0.717, 1.165) is 5.69 Å². The summed E-state index contributed by atoms with van der Waals surface area (Å²) in [5, 5.41) is 1.98. The van der Waals surface area contributed by atoms with E-state index in [1.165, 1.54) is 0 Å². The third-order valence-electron chi connectivity index (χ3n) is 1.02. The number of hydrogen-bond acceptors (Lipinski definition) is 3. The predicted octanol–water partition coefficient (Wildman–Crippen LogP) is 1.50. The van der Waals surface area contributed by atoms with Gasteiger partial charge < -0.3 is 5.73 Å². The second-order valence-corrected chi connectivity index (χ2v) is 2.85. The van der Waals surface area contributed by atoms with Crippen molar-refractivity contribution in [3.63, 3.8) is 0 Å². The summed E-state index contributed by atoms with van der Waals surface area (Å²) in [5.74, 6) is 0. The Morgan fingerprint density at radius 1 is 1.80 bits per heavy atom. The van der Waals surface area contributed by atoms with Crippen molar-refractivity contribution in [3.05, 3.63) is 22.7 Å². The zero-order valence-electron chi connectivity index (χ0n) is 5.82. The van der Waals surface area contributed by atoms with Gasteiger partial charge in [-0.25, -0.2) is 4.98 Å². The maximum Gasteiger partial charge on any atom is 0.0798 e. The van der Waals surface area contributed by atoms with Crippen LogP contribution in [0.5, 0.6) is 0 Å². The first-order chi connectivity index (χ1) is 4.79. The van der Waals surface area contributed by atoms with Crippen LogP contribution < -0.4 is 5.73 Å². The van der Waals surface area contributed by atoms with Crippen molar-refractivity contribution in [1.82, 2.24) is 4.98 Å². The molecular formula is C7H10N2S. The van der Waals surface area contributed by atoms with Crippen LogP contribution >= 0.6 is 11.3 Å². The van der Waals surface area contributed by atoms with Crippen LogP contribution in [0.2, 0.25) is 0 Å². The highest BCUT2D eigenvalue weighted by molar-refractivity contribution is 7.07. The Labute approximate surface area is 64.4 Å². The van der Waals surface area contributed by atoms with Crippen LogP contribution in [0.3, 0.4) is 0 Å². The maximum absolute atomic E-state index is 5.50. The molecule has 0 radical (unpaired) electrons. The van der Waals surface area contributed by atoms with Gasteiger partial charge in [-0.05, 0) is 13.0 Å². The summed E-state index contributed by atoms with van der Waals surface area (Å²) in [6.07, 6.45) is 3.86. The number of rotatable bonds is 2. The highest BCUT2D eigenvalue weighted by Gasteiger charge is 1.87. The smallest absolute Gasteiger partial charge is 0.0798 e. The predicted molar refractivity (Wildman–Crippen MR) is 44.8 cm³/mol. The van der Waals surface area contributed by atoms with Crippen molar-refractivity contribution >= 4 is 17.4 Å². The molecule has 1 aromatic rings. The zero-order valence-corrected chi connectivity index (χ0v) is 6.64. The fourth-order valence-corrected chi connectivity index (χ4v) is 1.08. The van der Waals surface area contributed by atoms with E-state index in [-0.39, 0.29) is 6.04 Å². The van der Waals surface area contributed by atoms with Gasteiger partial charge in [-0.3, -0.25) is 0 Å². The number of nitrogens with two attached hydrogens (primary N) is 1. The zero-order chi connectivity index (χ0) is 7.40. The Kier molecular flexibility index (Phi) is 2.59. The van der Waals surface area contributed by atoms with Crippen molar-refractivity contribution < 1.29 is 0 Å². The van der Waals surface area contributed by atoms with Crippen LogP contribution in [-0.4, -0.2) is 11.0 Å². The summed E-state index contributed by atoms with van der Waals surface area (Å²) >= 11 is 1.59. The lowest BCUT2D eigenvalue weighted by molar-refractivity contribution is 0.930. The molecule has 2 nitrogen and oxygen atoms in total. The standard InChI is InChI=1S/C7H10N2S/c1-6(8)2-3-7-4-10-5-9-7/h2-6H,8H2,1H3/b3-2+. The summed E-state index contributed by atoms with van der Waals surface area (Å²) in [6, 6.07) is 0.113. The van der Waals surface area contributed by atoms with E-state index in [4.69, 9.17) is 5.73 Å². The van der Waals surface area contributed by atoms with E-state index >= 15 is 0 Å². The van der Waals surface area contributed by atoms with Gasteiger partial charge >= 0.3 is 0 Å². The number of thiazole rings is 1. The van der Waals surface area contributed by atoms with Crippen LogP contribution in [0, 0.1) is 0 Å². The minimum atomic E-state index is 0.113. The molecule has 0 fully saturated rings. The summed E-state index contributed by atoms with van der Waals surface area (Å²) in [5.41, 5.74) is 8.29. The lowest BCUT2D eigenvalue weighted by atomic mass is 10.3. The third kappa shape index (κ3) is 2.29. The molecule has 0 aliphatic carbocycles. The number of hydrogen-bond donors (Lipinski definition) is 1. The van der Waals surface area contributed by atoms with Gasteiger partial charge in [0.15, 0.2) is 0 Å². The van der Waals surface area contributed by atoms with Crippen LogP contribution in [0.15, 0.2) is 17.0 Å². The monoisotopic (exact) mass is 154 g/mol. The summed E-state index contributed by atoms with van der Waals surface area (Å²) in [6.45, 7) is 1.93. The van der Waals surface area contributed by atoms with E-state index in [0.29, 0.717) is 0 Å². The van der Waals surface area contributed by atoms with Gasteiger partial charge in [0.05, 0.1) is 11.2 Å². The molecule has 0 amide bonds. The van der Waals surface area contributed by atoms with Crippen molar-refractivity contribution in [1.29, 1.82) is 0 Å². The van der Waals surface area contributed by atoms with Gasteiger partial charge in [0, 0.05) is 11.4 Å². The summed E-state index contributed by atoms with van der Waals surface area (Å²) in [7, 11) is 0. The Hall–Kier alpha value is -0.670. The summed E-state index contributed by atoms with van der Waals surface area (Å²) in [4.78, 5) is 4.06. The Morgan fingerprint density at radius 2 is 2.60 bits per heavy atom. The molecule has 1 atom stereocenters. The van der Waals surface area contributed by atoms with Crippen LogP contribution in [0.25, 0.3) is 6.08 Å². The molecule has 0 saturated heterocycles. The highest BCUT2D eigenvalue weighted by Crippen LogP contribution is 2.02. The second-order valence-electron chi connectivity index (χ2n) is 2.13. The summed E-state index contributed by atoms with van der Waals surface area (Å²) < 4.78 is 0. The molecule has 2 N–H and O–H groups in total. The number of nitrogens with zero attached hydrogens (tertiary/aromatic N) is 1. The molecule has 1 heterocycles. The van der Waals surface area contributed by atoms with Crippen LogP contribution in [-0.2, 0) is 0 Å². The van der Waals surface area contributed by atoms with Crippen molar-refractivity contribution in [2.75, 3.05) is 0 Å². The van der Waals surface area contributed by atoms with Gasteiger partial charge in [0.1, 0.15) is 0 Å². The minimum absolute atomic E-state index is 0.113. The topological polar surface area (TPSA) is 38.9 Å². The fraction of sp³-hybridized carbons (Fsp3) is 0.286. The Balaban J connectivity index is 2.55. The van der Waals surface area contributed by atoms with Gasteiger partial charge in [-0.1, -0.05) is 6.08 Å². The van der Waals surface area contributed by atoms with Crippen molar-refractivity contribution in [2.24, 2.45) is 5.73 Å². The van der Waals surface area contributed by atoms with Crippen molar-refractivity contribution in [2.45, 2.75) is 13.0 Å². The molecule has 0 aromatic carbocycles. The normalized spacial score (nSPS) is 14.2. The molecule has 54 valence electrons. The van der Waals surface area contributed by atoms with Gasteiger partial charge in [0.25, 0.3) is 0 Å². The quantitative estimate of drug-likeness (QED) is 0.701. The van der Waals surface area contributed by atoms with Gasteiger partial charge in [-0.15, -0.1) is 11.3 Å². The Bertz CT molecular complexity index is 201. The number of aromatic nitrogens is 1. The average molecular weight is 154 g/mol. The van der Waals surface area contributed by atoms with E-state index in [2.05, 4.69) is 4.98 Å². The minimum Gasteiger partial charge on any atom is -0.325 e. The molecule has 1 aromatic heterocycles. The van der Waals surface area contributed by atoms with Crippen molar-refractivity contribution in [3.8, 4) is 0 Å². The molecule has 0 aliphatic rings. The van der Waals surface area contributed by atoms with E-state index in [1.54, 1.807) is 16.8 Å². The van der Waals surface area contributed by atoms with E-state index < -0.39 is 0 Å². The van der Waals surface area contributed by atoms with E-state index in [9.17, 15) is 0 Å². The Morgan fingerprint density at radius 3 is 3.10 bits per heavy atom. The largest absolute Gasteiger partial charge is 0.325 e. The molecule has 0 saturated carbocycles. The molecule has 3 heteroatoms. The molecular weight excluding hydrogens is 144 g/mol. The first-order valence-corrected chi connectivity index (χ1v) is 4.05. The lowest BCUT2D eigenvalue weighted by Gasteiger charge is -1.90. The van der Waals surface area contributed by atoms with Crippen LogP contribution in [0.1, 0.15) is 12.6 Å². The van der Waals surface area contributed by atoms with E-state index in [1.807, 2.05) is 24.5 Å².